The summed E-state index contributed by atoms with van der Waals surface area (Å²) in [7, 11) is -1.05. The standard InChI is InChI=1S/C13H20S.CH4/c1-6-14(4,5)13-9-7-8-12(10-13)11(2)3;/h7-11H,4-6H2,1-3H3;1H4. The van der Waals surface area contributed by atoms with Gasteiger partial charge < -0.3 is 0 Å². The van der Waals surface area contributed by atoms with Crippen molar-refractivity contribution in [1.82, 2.24) is 0 Å². The molecule has 0 atom stereocenters. The topological polar surface area (TPSA) is 0 Å². The molecule has 0 aliphatic carbocycles. The molecular formula is C14H24S. The summed E-state index contributed by atoms with van der Waals surface area (Å²) in [4.78, 5) is 1.33. The molecule has 0 nitrogen and oxygen atoms in total. The van der Waals surface area contributed by atoms with Crippen LogP contribution in [0.15, 0.2) is 29.2 Å². The van der Waals surface area contributed by atoms with Crippen molar-refractivity contribution in [3.63, 3.8) is 0 Å². The fourth-order valence-electron chi connectivity index (χ4n) is 1.31. The van der Waals surface area contributed by atoms with Gasteiger partial charge in [-0.1, -0.05) is 52.1 Å². The molecule has 0 heterocycles. The van der Waals surface area contributed by atoms with Gasteiger partial charge in [0.2, 0.25) is 0 Å². The molecule has 1 heteroatoms. The second-order valence-corrected chi connectivity index (χ2v) is 7.20. The Labute approximate surface area is 95.8 Å². The first-order valence-electron chi connectivity index (χ1n) is 5.04. The van der Waals surface area contributed by atoms with Gasteiger partial charge in [0.1, 0.15) is 0 Å². The van der Waals surface area contributed by atoms with Gasteiger partial charge in [-0.2, -0.15) is 9.21 Å². The van der Waals surface area contributed by atoms with Crippen LogP contribution in [-0.2, 0) is 0 Å². The molecule has 1 rings (SSSR count). The van der Waals surface area contributed by atoms with Crippen LogP contribution in [0.2, 0.25) is 0 Å². The molecule has 1 aromatic rings. The van der Waals surface area contributed by atoms with Crippen LogP contribution in [0, 0.1) is 0 Å². The van der Waals surface area contributed by atoms with Crippen LogP contribution in [-0.4, -0.2) is 17.5 Å². The van der Waals surface area contributed by atoms with Crippen LogP contribution in [0.1, 0.15) is 39.7 Å². The lowest BCUT2D eigenvalue weighted by Gasteiger charge is -2.14. The maximum Gasteiger partial charge on any atom is -0.00365 e. The Morgan fingerprint density at radius 1 is 1.27 bits per heavy atom. The van der Waals surface area contributed by atoms with Crippen molar-refractivity contribution in [3.8, 4) is 0 Å². The quantitative estimate of drug-likeness (QED) is 0.663. The third-order valence-corrected chi connectivity index (χ3v) is 4.94. The van der Waals surface area contributed by atoms with E-state index in [9.17, 15) is 0 Å². The summed E-state index contributed by atoms with van der Waals surface area (Å²) in [6, 6.07) is 8.73. The second kappa shape index (κ2) is 5.41. The smallest absolute Gasteiger partial charge is 0.00365 e. The van der Waals surface area contributed by atoms with Crippen LogP contribution >= 0.6 is 9.21 Å². The van der Waals surface area contributed by atoms with Gasteiger partial charge >= 0.3 is 0 Å². The van der Waals surface area contributed by atoms with Crippen molar-refractivity contribution >= 4 is 20.9 Å². The predicted octanol–water partition coefficient (Wildman–Crippen LogP) is 4.49. The van der Waals surface area contributed by atoms with Crippen LogP contribution in [0.5, 0.6) is 0 Å². The molecular weight excluding hydrogens is 200 g/mol. The van der Waals surface area contributed by atoms with Crippen molar-refractivity contribution in [2.45, 2.75) is 39.0 Å². The minimum Gasteiger partial charge on any atom is -0.188 e. The van der Waals surface area contributed by atoms with Crippen LogP contribution < -0.4 is 0 Å². The highest BCUT2D eigenvalue weighted by Crippen LogP contribution is 2.32. The molecule has 0 N–H and O–H groups in total. The van der Waals surface area contributed by atoms with Gasteiger partial charge in [-0.3, -0.25) is 0 Å². The van der Waals surface area contributed by atoms with Crippen molar-refractivity contribution in [3.05, 3.63) is 29.8 Å². The number of benzene rings is 1. The first-order chi connectivity index (χ1) is 6.47. The van der Waals surface area contributed by atoms with Gasteiger partial charge in [0.15, 0.2) is 0 Å². The first kappa shape index (κ1) is 14.3. The normalized spacial score (nSPS) is 11.2. The van der Waals surface area contributed by atoms with E-state index in [1.807, 2.05) is 0 Å². The van der Waals surface area contributed by atoms with Gasteiger partial charge in [-0.05, 0) is 34.3 Å². The van der Waals surface area contributed by atoms with Gasteiger partial charge in [-0.15, -0.1) is 0 Å². The summed E-state index contributed by atoms with van der Waals surface area (Å²) >= 11 is 0. The van der Waals surface area contributed by atoms with E-state index in [0.717, 1.165) is 5.75 Å². The van der Waals surface area contributed by atoms with E-state index in [1.54, 1.807) is 0 Å². The largest absolute Gasteiger partial charge is 0.188 e. The average molecular weight is 224 g/mol. The van der Waals surface area contributed by atoms with Crippen molar-refractivity contribution in [2.24, 2.45) is 0 Å². The van der Waals surface area contributed by atoms with E-state index in [1.165, 1.54) is 10.5 Å². The van der Waals surface area contributed by atoms with Gasteiger partial charge in [0, 0.05) is 0 Å². The van der Waals surface area contributed by atoms with E-state index in [0.29, 0.717) is 5.92 Å². The number of hydrogen-bond donors (Lipinski definition) is 0. The molecule has 0 amide bonds. The Hall–Kier alpha value is -0.690. The Balaban J connectivity index is 0.00000196. The van der Waals surface area contributed by atoms with Crippen molar-refractivity contribution in [1.29, 1.82) is 0 Å². The number of hydrogen-bond acceptors (Lipinski definition) is 0. The zero-order chi connectivity index (χ0) is 10.8. The van der Waals surface area contributed by atoms with Crippen LogP contribution in [0.3, 0.4) is 0 Å². The molecule has 0 aliphatic heterocycles. The van der Waals surface area contributed by atoms with E-state index in [4.69, 9.17) is 0 Å². The monoisotopic (exact) mass is 224 g/mol. The minimum atomic E-state index is -1.05. The number of rotatable bonds is 3. The van der Waals surface area contributed by atoms with E-state index in [-0.39, 0.29) is 7.43 Å². The third-order valence-electron chi connectivity index (χ3n) is 2.58. The molecule has 0 radical (unpaired) electrons. The van der Waals surface area contributed by atoms with E-state index >= 15 is 0 Å². The summed E-state index contributed by atoms with van der Waals surface area (Å²) in [5.41, 5.74) is 1.39. The molecule has 0 unspecified atom stereocenters. The summed E-state index contributed by atoms with van der Waals surface area (Å²) in [5.74, 6) is 10.1. The van der Waals surface area contributed by atoms with Crippen molar-refractivity contribution < 1.29 is 0 Å². The summed E-state index contributed by atoms with van der Waals surface area (Å²) < 4.78 is 0. The van der Waals surface area contributed by atoms with E-state index in [2.05, 4.69) is 56.8 Å². The molecule has 1 aromatic carbocycles. The molecule has 0 aromatic heterocycles. The summed E-state index contributed by atoms with van der Waals surface area (Å²) in [6.07, 6.45) is 0. The zero-order valence-corrected chi connectivity index (χ0v) is 10.2. The lowest BCUT2D eigenvalue weighted by atomic mass is 10.0. The Bertz CT molecular complexity index is 397. The predicted molar refractivity (Wildman–Crippen MR) is 77.9 cm³/mol. The van der Waals surface area contributed by atoms with E-state index < -0.39 is 9.21 Å². The highest BCUT2D eigenvalue weighted by molar-refractivity contribution is 8.27. The average Bonchev–Trinajstić information content (AvgIpc) is 2.18. The third kappa shape index (κ3) is 3.42. The maximum atomic E-state index is 4.23. The Morgan fingerprint density at radius 2 is 1.87 bits per heavy atom. The minimum absolute atomic E-state index is 0. The molecule has 0 saturated carbocycles. The van der Waals surface area contributed by atoms with Crippen molar-refractivity contribution in [2.75, 3.05) is 5.75 Å². The fourth-order valence-corrected chi connectivity index (χ4v) is 2.40. The Kier molecular flexibility index (Phi) is 5.16. The molecule has 0 spiro atoms. The highest BCUT2D eigenvalue weighted by atomic mass is 32.2. The van der Waals surface area contributed by atoms with Crippen LogP contribution in [0.4, 0.5) is 0 Å². The lowest BCUT2D eigenvalue weighted by Crippen LogP contribution is -1.90. The van der Waals surface area contributed by atoms with Gasteiger partial charge in [0.05, 0.1) is 0 Å². The molecule has 15 heavy (non-hydrogen) atoms. The van der Waals surface area contributed by atoms with Crippen LogP contribution in [0.25, 0.3) is 0 Å². The highest BCUT2D eigenvalue weighted by Gasteiger charge is 2.03. The summed E-state index contributed by atoms with van der Waals surface area (Å²) in [6.45, 7) is 6.60. The van der Waals surface area contributed by atoms with Gasteiger partial charge in [0.25, 0.3) is 0 Å². The fraction of sp³-hybridized carbons (Fsp3) is 0.429. The molecule has 0 bridgehead atoms. The summed E-state index contributed by atoms with van der Waals surface area (Å²) in [5, 5.41) is 0. The Morgan fingerprint density at radius 3 is 2.33 bits per heavy atom. The molecule has 0 fully saturated rings. The lowest BCUT2D eigenvalue weighted by molar-refractivity contribution is 0.862. The first-order valence-corrected chi connectivity index (χ1v) is 7.18. The molecule has 0 saturated heterocycles. The second-order valence-electron chi connectivity index (χ2n) is 4.06. The maximum absolute atomic E-state index is 4.23. The molecule has 0 aliphatic rings. The zero-order valence-electron chi connectivity index (χ0n) is 9.42. The van der Waals surface area contributed by atoms with Gasteiger partial charge in [-0.25, -0.2) is 0 Å². The molecule has 86 valence electrons. The SMILES string of the molecule is C.C=S(=C)(CC)c1cccc(C(C)C)c1.